The predicted octanol–water partition coefficient (Wildman–Crippen LogP) is 23.0. The molecule has 0 spiro atoms. The van der Waals surface area contributed by atoms with Gasteiger partial charge in [0.15, 0.2) is 11.6 Å². The van der Waals surface area contributed by atoms with E-state index in [0.29, 0.717) is 17.5 Å². The van der Waals surface area contributed by atoms with Crippen molar-refractivity contribution in [3.8, 4) is 67.4 Å². The molecule has 0 bridgehead atoms. The van der Waals surface area contributed by atoms with Crippen molar-refractivity contribution in [1.29, 1.82) is 0 Å². The van der Waals surface area contributed by atoms with E-state index in [1.54, 1.807) is 37.5 Å². The first-order chi connectivity index (χ1) is 52.6. The number of hydrogen-bond donors (Lipinski definition) is 2. The normalized spacial score (nSPS) is 12.9. The zero-order valence-electron chi connectivity index (χ0n) is 69.7. The number of aliphatic hydroxyl groups is 2. The standard InChI is InChI=1S/2C21H22N.C19H16N.2C11H8N.2C5H8O2.3Ir/c2*1-14(2)9-17-5-6-18-7-8-20(22-21(18)13-17)19-11-15(3)10-16(4)12-19;1-2-15-13-19(17-11-7-4-8-12-17)20-14-18(15)16-9-5-3-6-10-16;2*1-2-6-10(7-3-1)11-8-4-5-9-12-11;2*1-4(6)3-5(2)7;;;/h2*5-8,10-11,13-14H,9H2,1-4H3;3-11,13-14H,2H2,1H3;2*1-6,8-9H;2*3,6H,1-2H3;;;/q5*-1;;;;;+3/i1D3,9D2;1D3;2D;;;;;;;. The number of carbonyl (C=O) groups excluding carboxylic acids is 2. The van der Waals surface area contributed by atoms with Gasteiger partial charge in [0.25, 0.3) is 0 Å². The number of pyridine rings is 5. The Balaban J connectivity index is 0.000000293. The van der Waals surface area contributed by atoms with Gasteiger partial charge in [0.05, 0.1) is 22.6 Å². The largest absolute Gasteiger partial charge is 3.00 e. The Hall–Kier alpha value is -9.60. The van der Waals surface area contributed by atoms with Crippen LogP contribution < -0.4 is 0 Å². The summed E-state index contributed by atoms with van der Waals surface area (Å²) in [4.78, 5) is 42.5. The van der Waals surface area contributed by atoms with Crippen LogP contribution in [0.5, 0.6) is 0 Å². The van der Waals surface area contributed by atoms with Crippen LogP contribution in [0.15, 0.2) is 273 Å². The summed E-state index contributed by atoms with van der Waals surface area (Å²) in [6.45, 7) is 14.6. The van der Waals surface area contributed by atoms with Crippen LogP contribution >= 0.6 is 0 Å². The van der Waals surface area contributed by atoms with Gasteiger partial charge in [0.1, 0.15) is 0 Å². The van der Waals surface area contributed by atoms with Gasteiger partial charge in [-0.2, -0.15) is 0 Å². The van der Waals surface area contributed by atoms with Crippen LogP contribution in [0.1, 0.15) is 113 Å². The van der Waals surface area contributed by atoms with Gasteiger partial charge in [0.2, 0.25) is 0 Å². The van der Waals surface area contributed by atoms with Crippen LogP contribution in [0.4, 0.5) is 0 Å². The number of nitrogens with zero attached hydrogens (tertiary/aromatic N) is 5. The van der Waals surface area contributed by atoms with Gasteiger partial charge in [-0.3, -0.25) is 19.6 Å². The Morgan fingerprint density at radius 2 is 0.905 bits per heavy atom. The summed E-state index contributed by atoms with van der Waals surface area (Å²) in [5, 5.41) is 18.7. The number of carbonyl (C=O) groups is 2. The van der Waals surface area contributed by atoms with Crippen LogP contribution in [-0.4, -0.2) is 46.7 Å². The third kappa shape index (κ3) is 30.9. The number of aryl methyl sites for hydroxylation is 5. The fourth-order valence-electron chi connectivity index (χ4n) is 10.5. The molecule has 0 aliphatic heterocycles. The van der Waals surface area contributed by atoms with Crippen molar-refractivity contribution in [3.05, 3.63) is 342 Å². The molecule has 2 radical (unpaired) electrons. The molecule has 13 aromatic rings. The average Bonchev–Trinajstić information content (AvgIpc) is 0.778. The zero-order valence-corrected chi connectivity index (χ0v) is 67.9. The summed E-state index contributed by atoms with van der Waals surface area (Å²) in [7, 11) is 0. The third-order valence-electron chi connectivity index (χ3n) is 14.7. The molecule has 9 nitrogen and oxygen atoms in total. The van der Waals surface area contributed by atoms with Crippen molar-refractivity contribution in [1.82, 2.24) is 24.9 Å². The van der Waals surface area contributed by atoms with E-state index in [4.69, 9.17) is 27.5 Å². The summed E-state index contributed by atoms with van der Waals surface area (Å²) in [5.41, 5.74) is 19.8. The van der Waals surface area contributed by atoms with E-state index < -0.39 is 26.0 Å². The first kappa shape index (κ1) is 73.7. The molecular formula is C93H92Ir3N5O4-2. The number of ketones is 2. The van der Waals surface area contributed by atoms with Crippen molar-refractivity contribution in [2.24, 2.45) is 11.8 Å². The van der Waals surface area contributed by atoms with Crippen molar-refractivity contribution < 1.29 is 92.5 Å². The topological polar surface area (TPSA) is 139 Å². The second kappa shape index (κ2) is 46.3. The fourth-order valence-corrected chi connectivity index (χ4v) is 10.5. The first-order valence-electron chi connectivity index (χ1n) is 38.0. The van der Waals surface area contributed by atoms with Crippen LogP contribution in [0.25, 0.3) is 89.2 Å². The quantitative estimate of drug-likeness (QED) is 0.0656. The Morgan fingerprint density at radius 1 is 0.476 bits per heavy atom. The van der Waals surface area contributed by atoms with Gasteiger partial charge in [-0.15, -0.1) is 177 Å². The van der Waals surface area contributed by atoms with Crippen LogP contribution in [-0.2, 0) is 89.1 Å². The molecule has 542 valence electrons. The summed E-state index contributed by atoms with van der Waals surface area (Å²) in [5.74, 6) is -1.63. The maximum absolute atomic E-state index is 10.0. The molecule has 105 heavy (non-hydrogen) atoms. The molecule has 0 saturated heterocycles. The van der Waals surface area contributed by atoms with Crippen LogP contribution in [0.3, 0.4) is 0 Å². The van der Waals surface area contributed by atoms with E-state index in [2.05, 4.69) is 87.5 Å². The van der Waals surface area contributed by atoms with Gasteiger partial charge < -0.3 is 25.2 Å². The zero-order chi connectivity index (χ0) is 81.0. The van der Waals surface area contributed by atoms with E-state index in [0.717, 1.165) is 112 Å². The summed E-state index contributed by atoms with van der Waals surface area (Å²) >= 11 is 0. The number of fused-ring (bicyclic) bond motifs is 2. The van der Waals surface area contributed by atoms with Gasteiger partial charge in [-0.25, -0.2) is 0 Å². The second-order valence-electron chi connectivity index (χ2n) is 24.2. The molecule has 3 atom stereocenters. The molecule has 0 fully saturated rings. The minimum absolute atomic E-state index is 0. The molecule has 3 unspecified atom stereocenters. The molecule has 0 amide bonds. The van der Waals surface area contributed by atoms with Crippen molar-refractivity contribution in [2.45, 2.75) is 109 Å². The van der Waals surface area contributed by atoms with Gasteiger partial charge in [-0.05, 0) is 144 Å². The predicted molar refractivity (Wildman–Crippen MR) is 423 cm³/mol. The smallest absolute Gasteiger partial charge is 0.512 e. The number of allylic oxidation sites excluding steroid dienone is 4. The number of rotatable bonds is 13. The van der Waals surface area contributed by atoms with Crippen molar-refractivity contribution in [3.63, 3.8) is 0 Å². The number of hydrogen-bond acceptors (Lipinski definition) is 9. The molecule has 0 aliphatic carbocycles. The van der Waals surface area contributed by atoms with Gasteiger partial charge in [0, 0.05) is 88.9 Å². The molecule has 8 aromatic carbocycles. The number of aliphatic hydroxyl groups excluding tert-OH is 2. The molecule has 5 aromatic heterocycles. The average molecular weight is 1930 g/mol. The van der Waals surface area contributed by atoms with Crippen LogP contribution in [0, 0.1) is 69.9 Å². The Bertz CT molecular complexity index is 5000. The van der Waals surface area contributed by atoms with E-state index >= 15 is 0 Å². The Labute approximate surface area is 676 Å². The van der Waals surface area contributed by atoms with E-state index in [1.165, 1.54) is 52.3 Å². The van der Waals surface area contributed by atoms with Crippen LogP contribution in [0.2, 0.25) is 0 Å². The van der Waals surface area contributed by atoms with Gasteiger partial charge >= 0.3 is 20.1 Å². The SMILES string of the molecule is CC(=O)C=C(C)O.CC(=O)C=C(C)O.[2H]C(C)c1cc(-c2[c-]cccc2)ncc1-c1ccccc1.[2H]C([2H])([2H])C(C)C([2H])([2H])c1ccc2ccc(-c3[c-]c(C)cc(C)c3)nc2c1.[2H]C([2H])([2H])C(C)Cc1ccc2ccc(-c3[c-]c(C)cc(C)c3)nc2c1.[Ir+3].[Ir].[Ir].[c-]1ccccc1-c1ccccn1.[c-]1ccccc1-c1ccccn1. The van der Waals surface area contributed by atoms with E-state index in [-0.39, 0.29) is 95.7 Å². The summed E-state index contributed by atoms with van der Waals surface area (Å²) < 4.78 is 70.2. The molecule has 0 aliphatic rings. The number of aromatic nitrogens is 5. The maximum atomic E-state index is 10.0. The maximum Gasteiger partial charge on any atom is 3.00 e. The van der Waals surface area contributed by atoms with Gasteiger partial charge in [-0.1, -0.05) is 171 Å². The Morgan fingerprint density at radius 3 is 1.30 bits per heavy atom. The van der Waals surface area contributed by atoms with Crippen molar-refractivity contribution in [2.75, 3.05) is 0 Å². The molecule has 13 rings (SSSR count). The van der Waals surface area contributed by atoms with E-state index in [9.17, 15) is 9.59 Å². The van der Waals surface area contributed by atoms with E-state index in [1.807, 2.05) is 216 Å². The minimum Gasteiger partial charge on any atom is -0.512 e. The number of benzene rings is 8. The minimum atomic E-state index is -2.37. The third-order valence-corrected chi connectivity index (χ3v) is 14.7. The summed E-state index contributed by atoms with van der Waals surface area (Å²) in [6, 6.07) is 90.7. The molecule has 5 heterocycles. The second-order valence-corrected chi connectivity index (χ2v) is 24.2. The fraction of sp³-hybridized carbons (Fsp3) is 0.194. The molecule has 0 saturated carbocycles. The molecular weight excluding hydrogens is 1830 g/mol. The molecule has 12 heteroatoms. The monoisotopic (exact) mass is 1930 g/mol. The van der Waals surface area contributed by atoms with Crippen molar-refractivity contribution >= 4 is 33.4 Å². The summed E-state index contributed by atoms with van der Waals surface area (Å²) in [6.07, 6.45) is 6.01. The Kier molecular flexibility index (Phi) is 32.5. The molecule has 2 N–H and O–H groups in total. The first-order valence-corrected chi connectivity index (χ1v) is 33.4.